The molecule has 0 saturated carbocycles. The van der Waals surface area contributed by atoms with Gasteiger partial charge < -0.3 is 14.1 Å². The lowest BCUT2D eigenvalue weighted by molar-refractivity contribution is 0.261. The second-order valence-corrected chi connectivity index (χ2v) is 7.72. The van der Waals surface area contributed by atoms with Crippen LogP contribution in [0.25, 0.3) is 21.9 Å². The van der Waals surface area contributed by atoms with Crippen molar-refractivity contribution >= 4 is 21.9 Å². The molecule has 0 aliphatic heterocycles. The SMILES string of the molecule is Cc1cc(OCCN(C)C)c2oc3cc(Cc4ccc(F)nc4)ccc3c(=O)c2c1. The van der Waals surface area contributed by atoms with Gasteiger partial charge in [-0.15, -0.1) is 0 Å². The summed E-state index contributed by atoms with van der Waals surface area (Å²) in [6, 6.07) is 12.3. The van der Waals surface area contributed by atoms with Gasteiger partial charge in [0, 0.05) is 12.7 Å². The molecule has 0 spiro atoms. The molecule has 0 atom stereocenters. The van der Waals surface area contributed by atoms with Crippen LogP contribution in [0.5, 0.6) is 5.75 Å². The van der Waals surface area contributed by atoms with E-state index in [1.807, 2.05) is 50.2 Å². The molecule has 0 aliphatic rings. The van der Waals surface area contributed by atoms with Crippen molar-refractivity contribution in [3.63, 3.8) is 0 Å². The molecule has 0 bridgehead atoms. The molecular formula is C24H23FN2O3. The zero-order valence-electron chi connectivity index (χ0n) is 17.2. The molecule has 2 aromatic heterocycles. The summed E-state index contributed by atoms with van der Waals surface area (Å²) in [7, 11) is 3.95. The Hall–Kier alpha value is -3.25. The van der Waals surface area contributed by atoms with Crippen LogP contribution in [0.1, 0.15) is 16.7 Å². The second kappa shape index (κ2) is 8.24. The zero-order valence-corrected chi connectivity index (χ0v) is 17.2. The number of ether oxygens (including phenoxy) is 1. The van der Waals surface area contributed by atoms with E-state index in [0.29, 0.717) is 40.7 Å². The monoisotopic (exact) mass is 406 g/mol. The number of aryl methyl sites for hydroxylation is 1. The highest BCUT2D eigenvalue weighted by Gasteiger charge is 2.14. The lowest BCUT2D eigenvalue weighted by Gasteiger charge is -2.13. The fourth-order valence-corrected chi connectivity index (χ4v) is 3.41. The summed E-state index contributed by atoms with van der Waals surface area (Å²) >= 11 is 0. The topological polar surface area (TPSA) is 55.6 Å². The third-order valence-corrected chi connectivity index (χ3v) is 4.94. The van der Waals surface area contributed by atoms with Crippen LogP contribution in [0.4, 0.5) is 4.39 Å². The minimum absolute atomic E-state index is 0.0811. The normalized spacial score (nSPS) is 11.5. The Morgan fingerprint density at radius 2 is 1.87 bits per heavy atom. The molecule has 6 heteroatoms. The van der Waals surface area contributed by atoms with Crippen LogP contribution in [-0.2, 0) is 6.42 Å². The highest BCUT2D eigenvalue weighted by molar-refractivity contribution is 5.93. The van der Waals surface area contributed by atoms with Gasteiger partial charge in [-0.25, -0.2) is 4.98 Å². The van der Waals surface area contributed by atoms with Gasteiger partial charge in [-0.3, -0.25) is 4.79 Å². The molecule has 5 nitrogen and oxygen atoms in total. The average molecular weight is 406 g/mol. The number of nitrogens with zero attached hydrogens (tertiary/aromatic N) is 2. The van der Waals surface area contributed by atoms with Crippen LogP contribution in [0.15, 0.2) is 57.9 Å². The molecule has 0 amide bonds. The van der Waals surface area contributed by atoms with E-state index in [0.717, 1.165) is 23.2 Å². The highest BCUT2D eigenvalue weighted by Crippen LogP contribution is 2.29. The molecule has 0 saturated heterocycles. The van der Waals surface area contributed by atoms with Crippen molar-refractivity contribution in [1.82, 2.24) is 9.88 Å². The van der Waals surface area contributed by atoms with E-state index in [2.05, 4.69) is 4.98 Å². The Labute approximate surface area is 173 Å². The molecule has 4 rings (SSSR count). The van der Waals surface area contributed by atoms with Crippen molar-refractivity contribution in [3.8, 4) is 5.75 Å². The van der Waals surface area contributed by atoms with E-state index in [4.69, 9.17) is 9.15 Å². The molecule has 0 radical (unpaired) electrons. The van der Waals surface area contributed by atoms with Gasteiger partial charge >= 0.3 is 0 Å². The van der Waals surface area contributed by atoms with Gasteiger partial charge in [0.15, 0.2) is 11.3 Å². The van der Waals surface area contributed by atoms with Crippen LogP contribution in [0.2, 0.25) is 0 Å². The lowest BCUT2D eigenvalue weighted by Crippen LogP contribution is -2.19. The summed E-state index contributed by atoms with van der Waals surface area (Å²) in [5.74, 6) is 0.0609. The first kappa shape index (κ1) is 20.0. The number of pyridine rings is 1. The van der Waals surface area contributed by atoms with Crippen LogP contribution in [0, 0.1) is 12.9 Å². The molecule has 30 heavy (non-hydrogen) atoms. The fraction of sp³-hybridized carbons (Fsp3) is 0.250. The number of likely N-dealkylation sites (N-methyl/N-ethyl adjacent to an activating group) is 1. The van der Waals surface area contributed by atoms with E-state index in [1.54, 1.807) is 12.1 Å². The Kier molecular flexibility index (Phi) is 5.50. The van der Waals surface area contributed by atoms with Crippen LogP contribution in [-0.4, -0.2) is 37.1 Å². The average Bonchev–Trinajstić information content (AvgIpc) is 2.70. The molecule has 0 aliphatic carbocycles. The van der Waals surface area contributed by atoms with Gasteiger partial charge in [-0.1, -0.05) is 12.1 Å². The third-order valence-electron chi connectivity index (χ3n) is 4.94. The Balaban J connectivity index is 1.77. The standard InChI is InChI=1S/C24H23FN2O3/c1-15-10-19-23(28)18-6-4-16(12-17-5-7-22(25)26-14-17)13-20(18)30-24(19)21(11-15)29-9-8-27(2)3/h4-7,10-11,13-14H,8-9,12H2,1-3H3. The molecule has 0 unspecified atom stereocenters. The van der Waals surface area contributed by atoms with Crippen molar-refractivity contribution < 1.29 is 13.5 Å². The molecule has 0 N–H and O–H groups in total. The first-order chi connectivity index (χ1) is 14.4. The van der Waals surface area contributed by atoms with Crippen LogP contribution >= 0.6 is 0 Å². The Morgan fingerprint density at radius 1 is 1.07 bits per heavy atom. The van der Waals surface area contributed by atoms with Crippen molar-refractivity contribution in [2.24, 2.45) is 0 Å². The number of hydrogen-bond donors (Lipinski definition) is 0. The minimum Gasteiger partial charge on any atom is -0.488 e. The number of hydrogen-bond acceptors (Lipinski definition) is 5. The van der Waals surface area contributed by atoms with Crippen LogP contribution in [0.3, 0.4) is 0 Å². The quantitative estimate of drug-likeness (QED) is 0.353. The first-order valence-electron chi connectivity index (χ1n) is 9.79. The zero-order chi connectivity index (χ0) is 21.3. The largest absolute Gasteiger partial charge is 0.488 e. The summed E-state index contributed by atoms with van der Waals surface area (Å²) in [5, 5.41) is 1.03. The van der Waals surface area contributed by atoms with E-state index in [9.17, 15) is 9.18 Å². The second-order valence-electron chi connectivity index (χ2n) is 7.72. The molecule has 154 valence electrons. The predicted molar refractivity (Wildman–Crippen MR) is 116 cm³/mol. The maximum Gasteiger partial charge on any atom is 0.212 e. The van der Waals surface area contributed by atoms with Crippen molar-refractivity contribution in [2.75, 3.05) is 27.2 Å². The Bertz CT molecular complexity index is 1260. The van der Waals surface area contributed by atoms with Gasteiger partial charge in [-0.05, 0) is 74.5 Å². The number of halogens is 1. The van der Waals surface area contributed by atoms with Gasteiger partial charge in [0.25, 0.3) is 0 Å². The highest BCUT2D eigenvalue weighted by atomic mass is 19.1. The number of aromatic nitrogens is 1. The number of fused-ring (bicyclic) bond motifs is 2. The number of benzene rings is 2. The van der Waals surface area contributed by atoms with Gasteiger partial charge in [0.05, 0.1) is 10.8 Å². The summed E-state index contributed by atoms with van der Waals surface area (Å²) in [6.07, 6.45) is 2.07. The van der Waals surface area contributed by atoms with Crippen LogP contribution < -0.4 is 10.2 Å². The van der Waals surface area contributed by atoms with E-state index < -0.39 is 5.95 Å². The maximum absolute atomic E-state index is 13.1. The third kappa shape index (κ3) is 4.19. The lowest BCUT2D eigenvalue weighted by atomic mass is 10.0. The van der Waals surface area contributed by atoms with Gasteiger partial charge in [-0.2, -0.15) is 4.39 Å². The number of rotatable bonds is 6. The van der Waals surface area contributed by atoms with Gasteiger partial charge in [0.2, 0.25) is 11.4 Å². The first-order valence-corrected chi connectivity index (χ1v) is 9.79. The molecule has 4 aromatic rings. The summed E-state index contributed by atoms with van der Waals surface area (Å²) in [6.45, 7) is 3.18. The molecule has 2 heterocycles. The predicted octanol–water partition coefficient (Wildman–Crippen LogP) is 4.32. The fourth-order valence-electron chi connectivity index (χ4n) is 3.41. The van der Waals surface area contributed by atoms with E-state index in [1.165, 1.54) is 12.3 Å². The van der Waals surface area contributed by atoms with E-state index in [-0.39, 0.29) is 5.43 Å². The van der Waals surface area contributed by atoms with E-state index >= 15 is 0 Å². The summed E-state index contributed by atoms with van der Waals surface area (Å²) < 4.78 is 25.1. The minimum atomic E-state index is -0.508. The molecule has 0 fully saturated rings. The van der Waals surface area contributed by atoms with Crippen molar-refractivity contribution in [3.05, 3.63) is 81.5 Å². The molecular weight excluding hydrogens is 383 g/mol. The summed E-state index contributed by atoms with van der Waals surface area (Å²) in [4.78, 5) is 18.8. The van der Waals surface area contributed by atoms with Gasteiger partial charge in [0.1, 0.15) is 12.2 Å². The maximum atomic E-state index is 13.1. The molecule has 2 aromatic carbocycles. The van der Waals surface area contributed by atoms with Crippen molar-refractivity contribution in [2.45, 2.75) is 13.3 Å². The van der Waals surface area contributed by atoms with Crippen molar-refractivity contribution in [1.29, 1.82) is 0 Å². The Morgan fingerprint density at radius 3 is 2.60 bits per heavy atom. The summed E-state index contributed by atoms with van der Waals surface area (Å²) in [5.41, 5.74) is 3.64. The smallest absolute Gasteiger partial charge is 0.212 e.